The third-order valence-corrected chi connectivity index (χ3v) is 7.46. The van der Waals surface area contributed by atoms with Gasteiger partial charge in [-0.1, -0.05) is 30.3 Å². The van der Waals surface area contributed by atoms with Crippen LogP contribution in [0.25, 0.3) is 11.0 Å². The minimum atomic E-state index is -3.95. The second kappa shape index (κ2) is 10.4. The minimum Gasteiger partial charge on any atom is -0.451 e. The molecule has 0 aliphatic rings. The van der Waals surface area contributed by atoms with Crippen molar-refractivity contribution in [1.82, 2.24) is 15.6 Å². The number of hydrogen-bond acceptors (Lipinski definition) is 6. The Morgan fingerprint density at radius 3 is 2.48 bits per heavy atom. The first-order valence-corrected chi connectivity index (χ1v) is 13.2. The van der Waals surface area contributed by atoms with Gasteiger partial charge in [0.2, 0.25) is 10.0 Å². The molecule has 1 unspecified atom stereocenters. The van der Waals surface area contributed by atoms with Crippen molar-refractivity contribution in [1.29, 1.82) is 0 Å². The van der Waals surface area contributed by atoms with Crippen molar-refractivity contribution in [2.75, 3.05) is 12.0 Å². The lowest BCUT2D eigenvalue weighted by Gasteiger charge is -2.19. The molecule has 1 heterocycles. The number of thioether (sulfide) groups is 1. The van der Waals surface area contributed by atoms with Crippen molar-refractivity contribution in [3.63, 3.8) is 0 Å². The molecular weight excluding hydrogens is 462 g/mol. The van der Waals surface area contributed by atoms with E-state index in [1.807, 2.05) is 24.5 Å². The van der Waals surface area contributed by atoms with Crippen molar-refractivity contribution in [2.45, 2.75) is 38.1 Å². The zero-order valence-electron chi connectivity index (χ0n) is 18.9. The predicted molar refractivity (Wildman–Crippen MR) is 130 cm³/mol. The van der Waals surface area contributed by atoms with E-state index in [0.29, 0.717) is 22.5 Å². The van der Waals surface area contributed by atoms with E-state index < -0.39 is 27.9 Å². The number of rotatable bonds is 8. The number of sulfonamides is 1. The van der Waals surface area contributed by atoms with Gasteiger partial charge < -0.3 is 4.42 Å². The lowest BCUT2D eigenvalue weighted by atomic mass is 10.1. The smallest absolute Gasteiger partial charge is 0.305 e. The van der Waals surface area contributed by atoms with E-state index in [1.54, 1.807) is 45.0 Å². The fourth-order valence-electron chi connectivity index (χ4n) is 3.38. The number of amides is 2. The largest absolute Gasteiger partial charge is 0.451 e. The monoisotopic (exact) mass is 489 g/mol. The van der Waals surface area contributed by atoms with Crippen LogP contribution in [-0.2, 0) is 14.8 Å². The summed E-state index contributed by atoms with van der Waals surface area (Å²) in [4.78, 5) is 25.5. The summed E-state index contributed by atoms with van der Waals surface area (Å²) in [5, 5.41) is 0.799. The van der Waals surface area contributed by atoms with Crippen molar-refractivity contribution in [3.05, 3.63) is 64.9 Å². The maximum Gasteiger partial charge on any atom is 0.305 e. The summed E-state index contributed by atoms with van der Waals surface area (Å²) in [6, 6.07) is 11.3. The Balaban J connectivity index is 1.74. The van der Waals surface area contributed by atoms with Gasteiger partial charge in [-0.2, -0.15) is 16.5 Å². The van der Waals surface area contributed by atoms with Crippen LogP contribution in [0.15, 0.2) is 51.8 Å². The van der Waals surface area contributed by atoms with Crippen molar-refractivity contribution in [2.24, 2.45) is 0 Å². The van der Waals surface area contributed by atoms with E-state index in [2.05, 4.69) is 15.6 Å². The molecule has 0 radical (unpaired) electrons. The molecule has 0 aliphatic carbocycles. The van der Waals surface area contributed by atoms with Crippen LogP contribution in [0.2, 0.25) is 0 Å². The van der Waals surface area contributed by atoms with E-state index in [4.69, 9.17) is 4.42 Å². The number of para-hydroxylation sites is 1. The number of hydrazine groups is 1. The second-order valence-electron chi connectivity index (χ2n) is 7.72. The quantitative estimate of drug-likeness (QED) is 0.418. The Kier molecular flexibility index (Phi) is 7.83. The average Bonchev–Trinajstić information content (AvgIpc) is 3.13. The summed E-state index contributed by atoms with van der Waals surface area (Å²) >= 11 is 1.48. The summed E-state index contributed by atoms with van der Waals surface area (Å²) in [6.07, 6.45) is 2.11. The van der Waals surface area contributed by atoms with Gasteiger partial charge >= 0.3 is 5.91 Å². The summed E-state index contributed by atoms with van der Waals surface area (Å²) in [5.41, 5.74) is 7.23. The van der Waals surface area contributed by atoms with E-state index >= 15 is 0 Å². The molecule has 0 spiro atoms. The molecule has 2 amide bonds. The molecule has 8 nitrogen and oxygen atoms in total. The number of hydrogen-bond donors (Lipinski definition) is 3. The standard InChI is InChI=1S/C23H27N3O5S2/c1-14-9-10-15(2)20(13-14)33(29,30)26-18(11-12-32-4)22(27)24-25-23(28)21-16(3)17-7-5-6-8-19(17)31-21/h5-10,13,18,26H,11-12H2,1-4H3,(H,24,27)(H,25,28). The van der Waals surface area contributed by atoms with E-state index in [-0.39, 0.29) is 17.1 Å². The molecule has 0 saturated heterocycles. The molecule has 0 aliphatic heterocycles. The molecule has 176 valence electrons. The molecule has 10 heteroatoms. The summed E-state index contributed by atoms with van der Waals surface area (Å²) < 4.78 is 34.1. The van der Waals surface area contributed by atoms with Crippen LogP contribution in [0.1, 0.15) is 33.7 Å². The third-order valence-electron chi connectivity index (χ3n) is 5.21. The first-order chi connectivity index (χ1) is 15.6. The highest BCUT2D eigenvalue weighted by Gasteiger charge is 2.27. The Morgan fingerprint density at radius 2 is 1.79 bits per heavy atom. The topological polar surface area (TPSA) is 118 Å². The number of furan rings is 1. The maximum atomic E-state index is 13.0. The lowest BCUT2D eigenvalue weighted by Crippen LogP contribution is -2.52. The number of benzene rings is 2. The van der Waals surface area contributed by atoms with Gasteiger partial charge in [-0.25, -0.2) is 8.42 Å². The van der Waals surface area contributed by atoms with Gasteiger partial charge in [-0.3, -0.25) is 20.4 Å². The fourth-order valence-corrected chi connectivity index (χ4v) is 5.41. The van der Waals surface area contributed by atoms with Gasteiger partial charge in [0.25, 0.3) is 5.91 Å². The van der Waals surface area contributed by atoms with Crippen LogP contribution >= 0.6 is 11.8 Å². The SMILES string of the molecule is CSCCC(NS(=O)(=O)c1cc(C)ccc1C)C(=O)NNC(=O)c1oc2ccccc2c1C. The van der Waals surface area contributed by atoms with Gasteiger partial charge in [-0.15, -0.1) is 0 Å². The Hall–Kier alpha value is -2.82. The van der Waals surface area contributed by atoms with Crippen molar-refractivity contribution < 1.29 is 22.4 Å². The zero-order chi connectivity index (χ0) is 24.2. The van der Waals surface area contributed by atoms with Gasteiger partial charge in [0, 0.05) is 10.9 Å². The Bertz CT molecular complexity index is 1280. The normalized spacial score (nSPS) is 12.5. The van der Waals surface area contributed by atoms with E-state index in [9.17, 15) is 18.0 Å². The van der Waals surface area contributed by atoms with Gasteiger partial charge in [-0.05, 0) is 62.5 Å². The van der Waals surface area contributed by atoms with Crippen LogP contribution in [0.5, 0.6) is 0 Å². The summed E-state index contributed by atoms with van der Waals surface area (Å²) in [7, 11) is -3.95. The average molecular weight is 490 g/mol. The molecule has 1 atom stereocenters. The van der Waals surface area contributed by atoms with Crippen molar-refractivity contribution >= 4 is 44.6 Å². The molecule has 3 rings (SSSR count). The maximum absolute atomic E-state index is 13.0. The highest BCUT2D eigenvalue weighted by atomic mass is 32.2. The molecule has 2 aromatic carbocycles. The predicted octanol–water partition coefficient (Wildman–Crippen LogP) is 3.22. The van der Waals surface area contributed by atoms with E-state index in [0.717, 1.165) is 10.9 Å². The van der Waals surface area contributed by atoms with Crippen LogP contribution in [0.4, 0.5) is 0 Å². The van der Waals surface area contributed by atoms with Crippen LogP contribution in [0.3, 0.4) is 0 Å². The first-order valence-electron chi connectivity index (χ1n) is 10.3. The Morgan fingerprint density at radius 1 is 1.06 bits per heavy atom. The number of carbonyl (C=O) groups is 2. The number of nitrogens with one attached hydrogen (secondary N) is 3. The Labute approximate surface area is 197 Å². The second-order valence-corrected chi connectivity index (χ2v) is 10.4. The fraction of sp³-hybridized carbons (Fsp3) is 0.304. The van der Waals surface area contributed by atoms with Crippen LogP contribution < -0.4 is 15.6 Å². The molecule has 0 saturated carbocycles. The highest BCUT2D eigenvalue weighted by Crippen LogP contribution is 2.24. The van der Waals surface area contributed by atoms with Gasteiger partial charge in [0.1, 0.15) is 11.6 Å². The van der Waals surface area contributed by atoms with Gasteiger partial charge in [0.15, 0.2) is 5.76 Å². The van der Waals surface area contributed by atoms with Gasteiger partial charge in [0.05, 0.1) is 4.90 Å². The number of aryl methyl sites for hydroxylation is 3. The number of carbonyl (C=O) groups excluding carboxylic acids is 2. The molecule has 1 aromatic heterocycles. The molecule has 3 aromatic rings. The molecular formula is C23H27N3O5S2. The molecule has 33 heavy (non-hydrogen) atoms. The van der Waals surface area contributed by atoms with Crippen LogP contribution in [0, 0.1) is 20.8 Å². The molecule has 3 N–H and O–H groups in total. The minimum absolute atomic E-state index is 0.0770. The zero-order valence-corrected chi connectivity index (χ0v) is 20.5. The highest BCUT2D eigenvalue weighted by molar-refractivity contribution is 7.98. The summed E-state index contributed by atoms with van der Waals surface area (Å²) in [5.74, 6) is -0.671. The molecule has 0 bridgehead atoms. The molecule has 0 fully saturated rings. The first kappa shape index (κ1) is 24.8. The third kappa shape index (κ3) is 5.76. The van der Waals surface area contributed by atoms with Crippen LogP contribution in [-0.4, -0.2) is 38.3 Å². The van der Waals surface area contributed by atoms with Crippen molar-refractivity contribution in [3.8, 4) is 0 Å². The number of fused-ring (bicyclic) bond motifs is 1. The lowest BCUT2D eigenvalue weighted by molar-refractivity contribution is -0.123. The van der Waals surface area contributed by atoms with E-state index in [1.165, 1.54) is 11.8 Å². The summed E-state index contributed by atoms with van der Waals surface area (Å²) in [6.45, 7) is 5.25.